The molecule has 15 heavy (non-hydrogen) atoms. The highest BCUT2D eigenvalue weighted by molar-refractivity contribution is 7.89. The highest BCUT2D eigenvalue weighted by atomic mass is 35.5. The van der Waals surface area contributed by atoms with E-state index in [1.807, 2.05) is 0 Å². The minimum atomic E-state index is -3.59. The Kier molecular flexibility index (Phi) is 3.72. The molecular formula is C8H7Cl2NO3S. The predicted octanol–water partition coefficient (Wildman–Crippen LogP) is 1.63. The van der Waals surface area contributed by atoms with Gasteiger partial charge >= 0.3 is 0 Å². The van der Waals surface area contributed by atoms with Crippen molar-refractivity contribution in [2.45, 2.75) is 4.90 Å². The van der Waals surface area contributed by atoms with Crippen LogP contribution in [0.3, 0.4) is 0 Å². The Balaban J connectivity index is 3.38. The van der Waals surface area contributed by atoms with Crippen molar-refractivity contribution in [3.63, 3.8) is 0 Å². The van der Waals surface area contributed by atoms with Crippen LogP contribution in [0.4, 0.5) is 0 Å². The molecular weight excluding hydrogens is 261 g/mol. The molecule has 0 saturated carbocycles. The van der Waals surface area contributed by atoms with Gasteiger partial charge in [0.05, 0.1) is 15.5 Å². The van der Waals surface area contributed by atoms with Crippen LogP contribution in [0.15, 0.2) is 23.1 Å². The van der Waals surface area contributed by atoms with Gasteiger partial charge in [0.25, 0.3) is 5.24 Å². The molecule has 82 valence electrons. The van der Waals surface area contributed by atoms with E-state index in [-0.39, 0.29) is 15.5 Å². The van der Waals surface area contributed by atoms with Crippen LogP contribution in [0.2, 0.25) is 5.02 Å². The van der Waals surface area contributed by atoms with Gasteiger partial charge in [0, 0.05) is 0 Å². The fourth-order valence-corrected chi connectivity index (χ4v) is 2.10. The number of sulfonamides is 1. The number of benzene rings is 1. The lowest BCUT2D eigenvalue weighted by Crippen LogP contribution is -2.18. The molecule has 0 bridgehead atoms. The summed E-state index contributed by atoms with van der Waals surface area (Å²) >= 11 is 10.9. The van der Waals surface area contributed by atoms with Gasteiger partial charge in [-0.25, -0.2) is 13.1 Å². The summed E-state index contributed by atoms with van der Waals surface area (Å²) in [7, 11) is -2.32. The van der Waals surface area contributed by atoms with E-state index in [1.165, 1.54) is 19.2 Å². The molecule has 0 amide bonds. The monoisotopic (exact) mass is 267 g/mol. The maximum atomic E-state index is 11.4. The Hall–Kier alpha value is -0.620. The average molecular weight is 268 g/mol. The van der Waals surface area contributed by atoms with Crippen LogP contribution in [-0.2, 0) is 10.0 Å². The van der Waals surface area contributed by atoms with Crippen LogP contribution >= 0.6 is 23.2 Å². The predicted molar refractivity (Wildman–Crippen MR) is 57.9 cm³/mol. The van der Waals surface area contributed by atoms with Crippen molar-refractivity contribution >= 4 is 38.5 Å². The molecule has 4 nitrogen and oxygen atoms in total. The van der Waals surface area contributed by atoms with Crippen molar-refractivity contribution in [3.05, 3.63) is 28.8 Å². The maximum Gasteiger partial charge on any atom is 0.253 e. The first kappa shape index (κ1) is 12.4. The minimum Gasteiger partial charge on any atom is -0.276 e. The highest BCUT2D eigenvalue weighted by Gasteiger charge is 2.15. The van der Waals surface area contributed by atoms with E-state index >= 15 is 0 Å². The number of hydrogen-bond donors (Lipinski definition) is 1. The van der Waals surface area contributed by atoms with Crippen LogP contribution in [0.5, 0.6) is 0 Å². The summed E-state index contributed by atoms with van der Waals surface area (Å²) in [6, 6.07) is 3.72. The molecule has 0 radical (unpaired) electrons. The number of nitrogens with one attached hydrogen (secondary N) is 1. The minimum absolute atomic E-state index is 0.0327. The zero-order valence-corrected chi connectivity index (χ0v) is 9.95. The summed E-state index contributed by atoms with van der Waals surface area (Å²) in [4.78, 5) is 10.8. The van der Waals surface area contributed by atoms with Crippen LogP contribution in [-0.4, -0.2) is 20.7 Å². The van der Waals surface area contributed by atoms with Gasteiger partial charge in [0.1, 0.15) is 0 Å². The molecule has 7 heteroatoms. The first-order chi connectivity index (χ1) is 6.88. The molecule has 0 aliphatic rings. The number of carbonyl (C=O) groups is 1. The fraction of sp³-hybridized carbons (Fsp3) is 0.125. The highest BCUT2D eigenvalue weighted by Crippen LogP contribution is 2.21. The van der Waals surface area contributed by atoms with Gasteiger partial charge in [-0.2, -0.15) is 0 Å². The molecule has 1 aromatic carbocycles. The van der Waals surface area contributed by atoms with Crippen LogP contribution in [0, 0.1) is 0 Å². The third kappa shape index (κ3) is 2.69. The van der Waals surface area contributed by atoms with E-state index in [4.69, 9.17) is 23.2 Å². The van der Waals surface area contributed by atoms with Crippen LogP contribution in [0.25, 0.3) is 0 Å². The van der Waals surface area contributed by atoms with Crippen molar-refractivity contribution in [2.75, 3.05) is 7.05 Å². The Morgan fingerprint density at radius 1 is 1.40 bits per heavy atom. The Bertz CT molecular complexity index is 499. The second kappa shape index (κ2) is 4.49. The topological polar surface area (TPSA) is 63.2 Å². The van der Waals surface area contributed by atoms with Gasteiger partial charge in [-0.15, -0.1) is 0 Å². The van der Waals surface area contributed by atoms with Gasteiger partial charge < -0.3 is 0 Å². The first-order valence-corrected chi connectivity index (χ1v) is 6.05. The van der Waals surface area contributed by atoms with E-state index in [2.05, 4.69) is 4.72 Å². The fourth-order valence-electron chi connectivity index (χ4n) is 0.940. The molecule has 0 aliphatic carbocycles. The molecule has 0 fully saturated rings. The smallest absolute Gasteiger partial charge is 0.253 e. The lowest BCUT2D eigenvalue weighted by Gasteiger charge is -2.04. The summed E-state index contributed by atoms with van der Waals surface area (Å²) in [6.07, 6.45) is 0. The molecule has 0 atom stereocenters. The van der Waals surface area contributed by atoms with Crippen LogP contribution in [0.1, 0.15) is 10.4 Å². The molecule has 1 rings (SSSR count). The second-order valence-corrected chi connectivity index (χ2v) is 5.26. The van der Waals surface area contributed by atoms with E-state index < -0.39 is 15.3 Å². The van der Waals surface area contributed by atoms with Gasteiger partial charge in [-0.1, -0.05) is 11.6 Å². The lowest BCUT2D eigenvalue weighted by atomic mass is 10.2. The number of rotatable bonds is 3. The average Bonchev–Trinajstić information content (AvgIpc) is 2.17. The van der Waals surface area contributed by atoms with Crippen molar-refractivity contribution in [1.29, 1.82) is 0 Å². The van der Waals surface area contributed by atoms with Gasteiger partial charge in [0.15, 0.2) is 0 Å². The van der Waals surface area contributed by atoms with Crippen molar-refractivity contribution < 1.29 is 13.2 Å². The molecule has 0 aliphatic heterocycles. The van der Waals surface area contributed by atoms with Crippen LogP contribution < -0.4 is 4.72 Å². The van der Waals surface area contributed by atoms with Crippen molar-refractivity contribution in [3.8, 4) is 0 Å². The summed E-state index contributed by atoms with van der Waals surface area (Å²) < 4.78 is 24.9. The summed E-state index contributed by atoms with van der Waals surface area (Å²) in [5.41, 5.74) is -0.0327. The summed E-state index contributed by atoms with van der Waals surface area (Å²) in [5, 5.41) is -0.682. The largest absolute Gasteiger partial charge is 0.276 e. The van der Waals surface area contributed by atoms with E-state index in [0.29, 0.717) is 0 Å². The Morgan fingerprint density at radius 3 is 2.47 bits per heavy atom. The molecule has 1 N–H and O–H groups in total. The Morgan fingerprint density at radius 2 is 2.00 bits per heavy atom. The SMILES string of the molecule is CNS(=O)(=O)c1ccc(Cl)c(C(=O)Cl)c1. The van der Waals surface area contributed by atoms with Gasteiger partial charge in [0.2, 0.25) is 10.0 Å². The normalized spacial score (nSPS) is 11.4. The standard InChI is InChI=1S/C8H7Cl2NO3S/c1-11-15(13,14)5-2-3-7(9)6(4-5)8(10)12/h2-4,11H,1H3. The third-order valence-corrected chi connectivity index (χ3v) is 3.67. The zero-order valence-electron chi connectivity index (χ0n) is 7.62. The molecule has 0 heterocycles. The molecule has 0 aromatic heterocycles. The van der Waals surface area contributed by atoms with Crippen molar-refractivity contribution in [1.82, 2.24) is 4.72 Å². The molecule has 1 aromatic rings. The molecule has 0 saturated heterocycles. The zero-order chi connectivity index (χ0) is 11.6. The van der Waals surface area contributed by atoms with Gasteiger partial charge in [-0.3, -0.25) is 4.79 Å². The summed E-state index contributed by atoms with van der Waals surface area (Å²) in [5.74, 6) is 0. The first-order valence-electron chi connectivity index (χ1n) is 3.81. The number of halogens is 2. The third-order valence-electron chi connectivity index (χ3n) is 1.73. The maximum absolute atomic E-state index is 11.4. The number of carbonyl (C=O) groups excluding carboxylic acids is 1. The molecule has 0 unspecified atom stereocenters. The quantitative estimate of drug-likeness (QED) is 0.847. The Labute approximate surface area is 97.2 Å². The van der Waals surface area contributed by atoms with E-state index in [0.717, 1.165) is 6.07 Å². The lowest BCUT2D eigenvalue weighted by molar-refractivity contribution is 0.108. The molecule has 0 spiro atoms. The van der Waals surface area contributed by atoms with Gasteiger partial charge in [-0.05, 0) is 36.8 Å². The van der Waals surface area contributed by atoms with E-state index in [1.54, 1.807) is 0 Å². The van der Waals surface area contributed by atoms with E-state index in [9.17, 15) is 13.2 Å². The summed E-state index contributed by atoms with van der Waals surface area (Å²) in [6.45, 7) is 0. The second-order valence-electron chi connectivity index (χ2n) is 2.62. The van der Waals surface area contributed by atoms with Crippen molar-refractivity contribution in [2.24, 2.45) is 0 Å². The number of hydrogen-bond acceptors (Lipinski definition) is 3.